The van der Waals surface area contributed by atoms with Crippen LogP contribution in [0, 0.1) is 0 Å². The molecule has 0 saturated carbocycles. The van der Waals surface area contributed by atoms with Gasteiger partial charge >= 0.3 is 12.1 Å². The van der Waals surface area contributed by atoms with E-state index in [-0.39, 0.29) is 5.82 Å². The van der Waals surface area contributed by atoms with Crippen LogP contribution in [0.15, 0.2) is 53.7 Å². The number of methoxy groups -OCH3 is 1. The van der Waals surface area contributed by atoms with Crippen LogP contribution in [0.2, 0.25) is 0 Å². The predicted molar refractivity (Wildman–Crippen MR) is 111 cm³/mol. The van der Waals surface area contributed by atoms with Gasteiger partial charge in [0, 0.05) is 54.3 Å². The molecule has 0 aliphatic heterocycles. The lowest BCUT2D eigenvalue weighted by molar-refractivity contribution is -0.159. The van der Waals surface area contributed by atoms with E-state index in [1.807, 2.05) is 16.8 Å². The number of aromatic nitrogens is 7. The number of nitrogens with one attached hydrogen (secondary N) is 1. The highest BCUT2D eigenvalue weighted by Crippen LogP contribution is 2.33. The van der Waals surface area contributed by atoms with Crippen LogP contribution in [0.4, 0.5) is 13.2 Å². The van der Waals surface area contributed by atoms with Crippen molar-refractivity contribution < 1.29 is 22.4 Å². The Balaban J connectivity index is 1.57. The van der Waals surface area contributed by atoms with Crippen molar-refractivity contribution in [2.24, 2.45) is 0 Å². The number of hydrogen-bond acceptors (Lipinski definition) is 7. The molecule has 9 nitrogen and oxygen atoms in total. The first-order valence-corrected chi connectivity index (χ1v) is 9.78. The second kappa shape index (κ2) is 8.13. The number of pyridine rings is 2. The second-order valence-electron chi connectivity index (χ2n) is 7.15. The molecule has 0 aliphatic rings. The van der Waals surface area contributed by atoms with Crippen molar-refractivity contribution in [2.75, 3.05) is 13.7 Å². The first-order valence-electron chi connectivity index (χ1n) is 9.78. The average Bonchev–Trinajstić information content (AvgIpc) is 3.57. The van der Waals surface area contributed by atoms with Gasteiger partial charge in [0.1, 0.15) is 0 Å². The van der Waals surface area contributed by atoms with Crippen molar-refractivity contribution in [1.82, 2.24) is 34.9 Å². The monoisotopic (exact) mass is 455 g/mol. The Kier molecular flexibility index (Phi) is 5.13. The van der Waals surface area contributed by atoms with Gasteiger partial charge in [0.2, 0.25) is 5.82 Å². The number of rotatable bonds is 6. The molecule has 5 rings (SSSR count). The standard InChI is InChI=1S/C21H16F3N7O2/c1-32-5-4-31-11-15(13-8-27-28-9-13)14-7-17(26-10-18(14)31)16-6-12(2-3-25-16)19-29-20(33-30-19)21(22,23)24/h2-3,6-11H,4-5H2,1H3,(H,27,28). The molecule has 0 radical (unpaired) electrons. The maximum atomic E-state index is 12.8. The zero-order valence-corrected chi connectivity index (χ0v) is 17.2. The lowest BCUT2D eigenvalue weighted by atomic mass is 10.1. The third-order valence-electron chi connectivity index (χ3n) is 5.06. The summed E-state index contributed by atoms with van der Waals surface area (Å²) in [6, 6.07) is 4.95. The third kappa shape index (κ3) is 3.96. The number of aromatic amines is 1. The van der Waals surface area contributed by atoms with E-state index >= 15 is 0 Å². The smallest absolute Gasteiger partial charge is 0.383 e. The van der Waals surface area contributed by atoms with Gasteiger partial charge in [-0.25, -0.2) is 0 Å². The van der Waals surface area contributed by atoms with Crippen molar-refractivity contribution >= 4 is 10.9 Å². The number of hydrogen-bond donors (Lipinski definition) is 1. The van der Waals surface area contributed by atoms with Crippen molar-refractivity contribution in [3.8, 4) is 33.9 Å². The molecule has 0 saturated heterocycles. The fraction of sp³-hybridized carbons (Fsp3) is 0.190. The van der Waals surface area contributed by atoms with Crippen LogP contribution >= 0.6 is 0 Å². The van der Waals surface area contributed by atoms with Crippen molar-refractivity contribution in [2.45, 2.75) is 12.7 Å². The van der Waals surface area contributed by atoms with Gasteiger partial charge in [-0.05, 0) is 18.2 Å². The zero-order valence-electron chi connectivity index (χ0n) is 17.2. The molecule has 0 atom stereocenters. The van der Waals surface area contributed by atoms with Crippen molar-refractivity contribution in [3.63, 3.8) is 0 Å². The fourth-order valence-electron chi connectivity index (χ4n) is 3.50. The number of nitrogens with zero attached hydrogens (tertiary/aromatic N) is 6. The van der Waals surface area contributed by atoms with E-state index in [4.69, 9.17) is 4.74 Å². The van der Waals surface area contributed by atoms with E-state index in [1.165, 1.54) is 12.3 Å². The normalized spacial score (nSPS) is 12.0. The Hall–Kier alpha value is -4.06. The Morgan fingerprint density at radius 2 is 1.97 bits per heavy atom. The highest BCUT2D eigenvalue weighted by Gasteiger charge is 2.38. The summed E-state index contributed by atoms with van der Waals surface area (Å²) in [5, 5.41) is 11.2. The topological polar surface area (TPSA) is 108 Å². The first kappa shape index (κ1) is 20.8. The van der Waals surface area contributed by atoms with Crippen LogP contribution in [-0.4, -0.2) is 48.6 Å². The van der Waals surface area contributed by atoms with Gasteiger partial charge in [0.15, 0.2) is 0 Å². The molecule has 0 aromatic carbocycles. The summed E-state index contributed by atoms with van der Waals surface area (Å²) in [7, 11) is 1.64. The minimum Gasteiger partial charge on any atom is -0.383 e. The maximum Gasteiger partial charge on any atom is 0.471 e. The summed E-state index contributed by atoms with van der Waals surface area (Å²) in [5.41, 5.74) is 4.07. The minimum absolute atomic E-state index is 0.183. The largest absolute Gasteiger partial charge is 0.471 e. The lowest BCUT2D eigenvalue weighted by Gasteiger charge is -2.05. The van der Waals surface area contributed by atoms with E-state index in [0.717, 1.165) is 22.0 Å². The number of fused-ring (bicyclic) bond motifs is 1. The molecule has 1 N–H and O–H groups in total. The Labute approximate surface area is 184 Å². The van der Waals surface area contributed by atoms with E-state index in [9.17, 15) is 13.2 Å². The van der Waals surface area contributed by atoms with Gasteiger partial charge in [-0.2, -0.15) is 23.3 Å². The highest BCUT2D eigenvalue weighted by molar-refractivity contribution is 5.97. The number of H-pyrrole nitrogens is 1. The van der Waals surface area contributed by atoms with Gasteiger partial charge in [-0.3, -0.25) is 15.1 Å². The number of halogens is 3. The molecule has 0 aliphatic carbocycles. The Bertz CT molecular complexity index is 1410. The molecule has 0 amide bonds. The second-order valence-corrected chi connectivity index (χ2v) is 7.15. The fourth-order valence-corrected chi connectivity index (χ4v) is 3.50. The molecule has 5 aromatic heterocycles. The minimum atomic E-state index is -4.72. The molecule has 168 valence electrons. The first-order chi connectivity index (χ1) is 15.9. The van der Waals surface area contributed by atoms with Crippen LogP contribution in [0.3, 0.4) is 0 Å². The maximum absolute atomic E-state index is 12.8. The van der Waals surface area contributed by atoms with Gasteiger partial charge in [-0.1, -0.05) is 5.16 Å². The molecule has 5 heterocycles. The lowest BCUT2D eigenvalue weighted by Crippen LogP contribution is -2.04. The molecule has 5 aromatic rings. The molecule has 0 spiro atoms. The Morgan fingerprint density at radius 1 is 1.12 bits per heavy atom. The van der Waals surface area contributed by atoms with Crippen LogP contribution in [0.25, 0.3) is 44.8 Å². The van der Waals surface area contributed by atoms with E-state index < -0.39 is 12.1 Å². The van der Waals surface area contributed by atoms with Gasteiger partial charge in [0.25, 0.3) is 0 Å². The zero-order chi connectivity index (χ0) is 23.0. The van der Waals surface area contributed by atoms with Crippen molar-refractivity contribution in [1.29, 1.82) is 0 Å². The molecular weight excluding hydrogens is 439 g/mol. The van der Waals surface area contributed by atoms with Gasteiger partial charge < -0.3 is 13.8 Å². The van der Waals surface area contributed by atoms with Gasteiger partial charge in [0.05, 0.1) is 35.9 Å². The SMILES string of the molecule is COCCn1cc(-c2cn[nH]c2)c2cc(-c3cc(-c4noc(C(F)(F)F)n4)ccn3)ncc21. The third-order valence-corrected chi connectivity index (χ3v) is 5.06. The van der Waals surface area contributed by atoms with Crippen molar-refractivity contribution in [3.05, 3.63) is 55.1 Å². The number of ether oxygens (including phenoxy) is 1. The summed E-state index contributed by atoms with van der Waals surface area (Å²) in [6.07, 6.45) is 4.00. The molecular formula is C21H16F3N7O2. The average molecular weight is 455 g/mol. The van der Waals surface area contributed by atoms with E-state index in [2.05, 4.69) is 34.8 Å². The summed E-state index contributed by atoms with van der Waals surface area (Å²) in [5.74, 6) is -1.59. The predicted octanol–water partition coefficient (Wildman–Crippen LogP) is 4.20. The van der Waals surface area contributed by atoms with Crippen LogP contribution < -0.4 is 0 Å². The quantitative estimate of drug-likeness (QED) is 0.409. The molecule has 12 heteroatoms. The van der Waals surface area contributed by atoms with Gasteiger partial charge in [-0.15, -0.1) is 0 Å². The number of alkyl halides is 3. The van der Waals surface area contributed by atoms with Crippen LogP contribution in [-0.2, 0) is 17.5 Å². The molecule has 0 fully saturated rings. The van der Waals surface area contributed by atoms with Crippen LogP contribution in [0.1, 0.15) is 5.89 Å². The summed E-state index contributed by atoms with van der Waals surface area (Å²) in [4.78, 5) is 12.3. The highest BCUT2D eigenvalue weighted by atomic mass is 19.4. The summed E-state index contributed by atoms with van der Waals surface area (Å²) in [6.45, 7) is 1.17. The van der Waals surface area contributed by atoms with Crippen LogP contribution in [0.5, 0.6) is 0 Å². The summed E-state index contributed by atoms with van der Waals surface area (Å²) >= 11 is 0. The summed E-state index contributed by atoms with van der Waals surface area (Å²) < 4.78 is 50.0. The molecule has 0 unspecified atom stereocenters. The molecule has 0 bridgehead atoms. The van der Waals surface area contributed by atoms with E-state index in [1.54, 1.807) is 31.8 Å². The Morgan fingerprint density at radius 3 is 2.70 bits per heavy atom. The van der Waals surface area contributed by atoms with E-state index in [0.29, 0.717) is 30.1 Å². The molecule has 33 heavy (non-hydrogen) atoms.